The number of carbonyl (C=O) groups is 1. The topological polar surface area (TPSA) is 29.5 Å². The predicted molar refractivity (Wildman–Crippen MR) is 83.9 cm³/mol. The molecule has 3 nitrogen and oxygen atoms in total. The summed E-state index contributed by atoms with van der Waals surface area (Å²) in [5, 5.41) is 0. The van der Waals surface area contributed by atoms with Gasteiger partial charge in [-0.05, 0) is 23.8 Å². The van der Waals surface area contributed by atoms with Crippen molar-refractivity contribution in [3.63, 3.8) is 0 Å². The van der Waals surface area contributed by atoms with E-state index in [1.165, 1.54) is 7.11 Å². The minimum absolute atomic E-state index is 0.0269. The fourth-order valence-electron chi connectivity index (χ4n) is 3.03. The van der Waals surface area contributed by atoms with Crippen LogP contribution in [0, 0.1) is 0 Å². The SMILES string of the molecule is CO[C@@H]1C(=O)N(c2cc(C(F)(F)F)cc(C(F)(F)F)c2)[C@H]1c1ccccc1. The maximum atomic E-state index is 13.1. The number of benzene rings is 2. The third-order valence-electron chi connectivity index (χ3n) is 4.29. The minimum atomic E-state index is -4.99. The number of halogens is 6. The Morgan fingerprint density at radius 2 is 1.41 bits per heavy atom. The second kappa shape index (κ2) is 6.56. The van der Waals surface area contributed by atoms with Crippen molar-refractivity contribution in [2.75, 3.05) is 12.0 Å². The monoisotopic (exact) mass is 389 g/mol. The molecule has 0 bridgehead atoms. The van der Waals surface area contributed by atoms with Crippen LogP contribution in [0.25, 0.3) is 0 Å². The molecule has 3 rings (SSSR count). The molecule has 0 spiro atoms. The first-order valence-electron chi connectivity index (χ1n) is 7.74. The molecule has 1 aliphatic rings. The van der Waals surface area contributed by atoms with Crippen LogP contribution in [-0.2, 0) is 21.9 Å². The number of amides is 1. The molecule has 1 saturated heterocycles. The first-order chi connectivity index (χ1) is 12.5. The molecule has 1 fully saturated rings. The van der Waals surface area contributed by atoms with Gasteiger partial charge in [-0.15, -0.1) is 0 Å². The lowest BCUT2D eigenvalue weighted by atomic mass is 9.89. The van der Waals surface area contributed by atoms with E-state index in [-0.39, 0.29) is 6.07 Å². The van der Waals surface area contributed by atoms with Crippen molar-refractivity contribution < 1.29 is 35.9 Å². The molecule has 1 heterocycles. The molecule has 0 N–H and O–H groups in total. The van der Waals surface area contributed by atoms with Gasteiger partial charge in [0.2, 0.25) is 0 Å². The molecule has 2 aromatic carbocycles. The molecule has 27 heavy (non-hydrogen) atoms. The summed E-state index contributed by atoms with van der Waals surface area (Å²) in [6, 6.07) is 8.51. The lowest BCUT2D eigenvalue weighted by Gasteiger charge is -2.46. The smallest absolute Gasteiger partial charge is 0.369 e. The van der Waals surface area contributed by atoms with Gasteiger partial charge < -0.3 is 4.74 Å². The van der Waals surface area contributed by atoms with Gasteiger partial charge in [-0.3, -0.25) is 9.69 Å². The second-order valence-corrected chi connectivity index (χ2v) is 5.98. The summed E-state index contributed by atoms with van der Waals surface area (Å²) in [4.78, 5) is 13.2. The van der Waals surface area contributed by atoms with Crippen molar-refractivity contribution in [1.29, 1.82) is 0 Å². The van der Waals surface area contributed by atoms with E-state index in [1.807, 2.05) is 0 Å². The van der Waals surface area contributed by atoms with Crippen molar-refractivity contribution in [3.05, 3.63) is 65.2 Å². The van der Waals surface area contributed by atoms with E-state index in [4.69, 9.17) is 4.74 Å². The molecule has 0 aromatic heterocycles. The number of anilines is 1. The highest BCUT2D eigenvalue weighted by Gasteiger charge is 2.50. The van der Waals surface area contributed by atoms with E-state index in [0.29, 0.717) is 17.7 Å². The summed E-state index contributed by atoms with van der Waals surface area (Å²) < 4.78 is 83.6. The van der Waals surface area contributed by atoms with Gasteiger partial charge >= 0.3 is 12.4 Å². The van der Waals surface area contributed by atoms with Gasteiger partial charge in [-0.1, -0.05) is 30.3 Å². The van der Waals surface area contributed by atoms with Crippen LogP contribution in [-0.4, -0.2) is 19.1 Å². The Labute approximate surface area is 150 Å². The number of methoxy groups -OCH3 is 1. The molecular formula is C18H13F6NO2. The number of β-lactam (4-membered cyclic amide) rings is 1. The molecule has 0 unspecified atom stereocenters. The number of rotatable bonds is 3. The Morgan fingerprint density at radius 1 is 0.889 bits per heavy atom. The maximum Gasteiger partial charge on any atom is 0.416 e. The Bertz CT molecular complexity index is 815. The van der Waals surface area contributed by atoms with Crippen molar-refractivity contribution in [3.8, 4) is 0 Å². The standard InChI is InChI=1S/C18H13F6NO2/c1-27-15-14(10-5-3-2-4-6-10)25(16(15)26)13-8-11(17(19,20)21)7-12(9-13)18(22,23)24/h2-9,14-15H,1H3/t14-,15-/m0/s1. The lowest BCUT2D eigenvalue weighted by molar-refractivity contribution is -0.144. The molecule has 0 aliphatic carbocycles. The molecule has 144 valence electrons. The number of ether oxygens (including phenoxy) is 1. The van der Waals surface area contributed by atoms with Crippen molar-refractivity contribution in [2.45, 2.75) is 24.5 Å². The molecule has 0 saturated carbocycles. The molecule has 0 radical (unpaired) electrons. The van der Waals surface area contributed by atoms with Crippen LogP contribution in [0.1, 0.15) is 22.7 Å². The van der Waals surface area contributed by atoms with Crippen LogP contribution in [0.3, 0.4) is 0 Å². The second-order valence-electron chi connectivity index (χ2n) is 5.98. The van der Waals surface area contributed by atoms with Crippen LogP contribution in [0.15, 0.2) is 48.5 Å². The first-order valence-corrected chi connectivity index (χ1v) is 7.74. The summed E-state index contributed by atoms with van der Waals surface area (Å²) in [5.41, 5.74) is -2.90. The van der Waals surface area contributed by atoms with E-state index in [9.17, 15) is 31.1 Å². The van der Waals surface area contributed by atoms with Gasteiger partial charge in [0, 0.05) is 12.8 Å². The van der Waals surface area contributed by atoms with Gasteiger partial charge in [0.1, 0.15) is 0 Å². The Hall–Kier alpha value is -2.55. The van der Waals surface area contributed by atoms with E-state index in [1.54, 1.807) is 30.3 Å². The van der Waals surface area contributed by atoms with Gasteiger partial charge in [0.15, 0.2) is 6.10 Å². The summed E-state index contributed by atoms with van der Waals surface area (Å²) in [7, 11) is 1.25. The summed E-state index contributed by atoms with van der Waals surface area (Å²) in [5.74, 6) is -0.709. The zero-order chi connectivity index (χ0) is 20.0. The third-order valence-corrected chi connectivity index (χ3v) is 4.29. The van der Waals surface area contributed by atoms with Crippen LogP contribution in [0.2, 0.25) is 0 Å². The zero-order valence-corrected chi connectivity index (χ0v) is 13.8. The highest BCUT2D eigenvalue weighted by atomic mass is 19.4. The van der Waals surface area contributed by atoms with E-state index in [0.717, 1.165) is 4.90 Å². The minimum Gasteiger partial charge on any atom is -0.369 e. The average molecular weight is 389 g/mol. The fourth-order valence-corrected chi connectivity index (χ4v) is 3.03. The number of hydrogen-bond donors (Lipinski definition) is 0. The largest absolute Gasteiger partial charge is 0.416 e. The number of nitrogens with zero attached hydrogens (tertiary/aromatic N) is 1. The third kappa shape index (κ3) is 3.51. The van der Waals surface area contributed by atoms with Crippen LogP contribution < -0.4 is 4.90 Å². The molecule has 1 amide bonds. The van der Waals surface area contributed by atoms with Crippen LogP contribution >= 0.6 is 0 Å². The van der Waals surface area contributed by atoms with E-state index >= 15 is 0 Å². The van der Waals surface area contributed by atoms with Crippen LogP contribution in [0.4, 0.5) is 32.0 Å². The quantitative estimate of drug-likeness (QED) is 0.556. The Balaban J connectivity index is 2.12. The van der Waals surface area contributed by atoms with Crippen LogP contribution in [0.5, 0.6) is 0 Å². The number of hydrogen-bond acceptors (Lipinski definition) is 2. The Morgan fingerprint density at radius 3 is 1.85 bits per heavy atom. The Kier molecular flexibility index (Phi) is 4.67. The van der Waals surface area contributed by atoms with Gasteiger partial charge in [-0.25, -0.2) is 0 Å². The van der Waals surface area contributed by atoms with Gasteiger partial charge in [-0.2, -0.15) is 26.3 Å². The molecule has 2 atom stereocenters. The predicted octanol–water partition coefficient (Wildman–Crippen LogP) is 4.83. The summed E-state index contributed by atoms with van der Waals surface area (Å²) >= 11 is 0. The van der Waals surface area contributed by atoms with E-state index < -0.39 is 47.2 Å². The van der Waals surface area contributed by atoms with Gasteiger partial charge in [0.25, 0.3) is 5.91 Å². The number of alkyl halides is 6. The molecule has 1 aliphatic heterocycles. The first kappa shape index (κ1) is 19.2. The normalized spacial score (nSPS) is 20.6. The zero-order valence-electron chi connectivity index (χ0n) is 13.8. The number of carbonyl (C=O) groups excluding carboxylic acids is 1. The van der Waals surface area contributed by atoms with E-state index in [2.05, 4.69) is 0 Å². The maximum absolute atomic E-state index is 13.1. The van der Waals surface area contributed by atoms with Crippen molar-refractivity contribution in [1.82, 2.24) is 0 Å². The van der Waals surface area contributed by atoms with Crippen molar-refractivity contribution >= 4 is 11.6 Å². The summed E-state index contributed by atoms with van der Waals surface area (Å²) in [6.45, 7) is 0. The van der Waals surface area contributed by atoms with Gasteiger partial charge in [0.05, 0.1) is 17.2 Å². The molecular weight excluding hydrogens is 376 g/mol. The molecule has 9 heteroatoms. The molecule has 2 aromatic rings. The highest BCUT2D eigenvalue weighted by Crippen LogP contribution is 2.44. The average Bonchev–Trinajstić information content (AvgIpc) is 2.59. The van der Waals surface area contributed by atoms with Crippen molar-refractivity contribution in [2.24, 2.45) is 0 Å². The highest BCUT2D eigenvalue weighted by molar-refractivity contribution is 6.05. The summed E-state index contributed by atoms with van der Waals surface area (Å²) in [6.07, 6.45) is -11.0. The lowest BCUT2D eigenvalue weighted by Crippen LogP contribution is -2.60. The fraction of sp³-hybridized carbons (Fsp3) is 0.278.